The molecule has 0 aliphatic heterocycles. The number of rotatable bonds is 1. The molecule has 0 bridgehead atoms. The van der Waals surface area contributed by atoms with Crippen LogP contribution in [0.4, 0.5) is 0 Å². The Balaban J connectivity index is 1.67. The van der Waals surface area contributed by atoms with E-state index in [1.807, 2.05) is 12.4 Å². The van der Waals surface area contributed by atoms with Crippen LogP contribution in [0, 0.1) is 0 Å². The Kier molecular flexibility index (Phi) is 2.77. The van der Waals surface area contributed by atoms with E-state index >= 15 is 0 Å². The summed E-state index contributed by atoms with van der Waals surface area (Å²) in [6.45, 7) is 0. The zero-order chi connectivity index (χ0) is 18.9. The lowest BCUT2D eigenvalue weighted by Crippen LogP contribution is -1.95. The summed E-state index contributed by atoms with van der Waals surface area (Å²) in [6, 6.07) is 30.7. The van der Waals surface area contributed by atoms with E-state index in [1.165, 1.54) is 60.5 Å². The Bertz CT molecular complexity index is 1520. The van der Waals surface area contributed by atoms with Crippen LogP contribution in [-0.4, -0.2) is 9.55 Å². The molecular formula is C27H16N2. The molecule has 7 rings (SSSR count). The molecule has 29 heavy (non-hydrogen) atoms. The van der Waals surface area contributed by atoms with Crippen LogP contribution in [0.2, 0.25) is 0 Å². The van der Waals surface area contributed by atoms with Crippen molar-refractivity contribution in [3.05, 3.63) is 97.3 Å². The maximum Gasteiger partial charge on any atom is 0.0572 e. The maximum absolute atomic E-state index is 4.38. The number of pyridine rings is 1. The van der Waals surface area contributed by atoms with Crippen LogP contribution in [0.3, 0.4) is 0 Å². The normalized spacial score (nSPS) is 12.1. The molecule has 0 unspecified atom stereocenters. The van der Waals surface area contributed by atoms with Crippen molar-refractivity contribution in [3.8, 4) is 27.9 Å². The summed E-state index contributed by atoms with van der Waals surface area (Å²) in [7, 11) is 0. The molecule has 2 aromatic heterocycles. The van der Waals surface area contributed by atoms with Gasteiger partial charge in [0.1, 0.15) is 0 Å². The number of hydrogen-bond donors (Lipinski definition) is 0. The molecule has 2 heterocycles. The summed E-state index contributed by atoms with van der Waals surface area (Å²) < 4.78 is 2.39. The van der Waals surface area contributed by atoms with Crippen LogP contribution in [0.15, 0.2) is 97.3 Å². The lowest BCUT2D eigenvalue weighted by molar-refractivity contribution is 1.19. The highest BCUT2D eigenvalue weighted by Crippen LogP contribution is 2.48. The van der Waals surface area contributed by atoms with Gasteiger partial charge in [0, 0.05) is 28.6 Å². The quantitative estimate of drug-likeness (QED) is 0.306. The van der Waals surface area contributed by atoms with Gasteiger partial charge in [-0.25, -0.2) is 0 Å². The topological polar surface area (TPSA) is 17.8 Å². The van der Waals surface area contributed by atoms with E-state index in [0.29, 0.717) is 0 Å². The summed E-state index contributed by atoms with van der Waals surface area (Å²) in [5.41, 5.74) is 8.95. The highest BCUT2D eigenvalue weighted by molar-refractivity contribution is 6.18. The summed E-state index contributed by atoms with van der Waals surface area (Å²) in [5.74, 6) is 0. The third-order valence-corrected chi connectivity index (χ3v) is 6.24. The van der Waals surface area contributed by atoms with Crippen LogP contribution in [-0.2, 0) is 0 Å². The lowest BCUT2D eigenvalue weighted by atomic mass is 10.0. The molecule has 0 atom stereocenters. The second-order valence-corrected chi connectivity index (χ2v) is 7.65. The SMILES string of the molecule is c1ccc2c(c1)-c1cccc3c(-n4c5ccccc5c5cnccc54)ccc-2c13. The van der Waals surface area contributed by atoms with Crippen molar-refractivity contribution in [1.29, 1.82) is 0 Å². The summed E-state index contributed by atoms with van der Waals surface area (Å²) in [6.07, 6.45) is 3.86. The predicted molar refractivity (Wildman–Crippen MR) is 121 cm³/mol. The third-order valence-electron chi connectivity index (χ3n) is 6.24. The van der Waals surface area contributed by atoms with Gasteiger partial charge in [-0.15, -0.1) is 0 Å². The predicted octanol–water partition coefficient (Wildman–Crippen LogP) is 6.98. The second-order valence-electron chi connectivity index (χ2n) is 7.65. The van der Waals surface area contributed by atoms with E-state index in [4.69, 9.17) is 0 Å². The first kappa shape index (κ1) is 15.1. The molecule has 0 fully saturated rings. The molecule has 4 aromatic carbocycles. The summed E-state index contributed by atoms with van der Waals surface area (Å²) in [5, 5.41) is 5.07. The van der Waals surface area contributed by atoms with Gasteiger partial charge in [0.2, 0.25) is 0 Å². The van der Waals surface area contributed by atoms with E-state index in [0.717, 1.165) is 0 Å². The maximum atomic E-state index is 4.38. The molecule has 134 valence electrons. The molecule has 0 saturated carbocycles. The number of benzene rings is 4. The molecular weight excluding hydrogens is 352 g/mol. The van der Waals surface area contributed by atoms with Crippen LogP contribution in [0.1, 0.15) is 0 Å². The first-order valence-corrected chi connectivity index (χ1v) is 9.91. The minimum absolute atomic E-state index is 1.19. The standard InChI is InChI=1S/C27H16N2/c1-2-7-18-17(6-1)20-9-5-10-22-25(13-12-21(18)27(20)22)29-24-11-4-3-8-19(24)23-16-28-15-14-26(23)29/h1-16H. The smallest absolute Gasteiger partial charge is 0.0572 e. The molecule has 2 heteroatoms. The Hall–Kier alpha value is -3.91. The van der Waals surface area contributed by atoms with Crippen molar-refractivity contribution in [2.24, 2.45) is 0 Å². The monoisotopic (exact) mass is 368 g/mol. The van der Waals surface area contributed by atoms with Crippen LogP contribution < -0.4 is 0 Å². The zero-order valence-electron chi connectivity index (χ0n) is 15.6. The lowest BCUT2D eigenvalue weighted by Gasteiger charge is -2.13. The van der Waals surface area contributed by atoms with Crippen LogP contribution >= 0.6 is 0 Å². The Morgan fingerprint density at radius 1 is 0.517 bits per heavy atom. The number of para-hydroxylation sites is 1. The van der Waals surface area contributed by atoms with E-state index in [9.17, 15) is 0 Å². The first-order chi connectivity index (χ1) is 14.4. The molecule has 1 aliphatic carbocycles. The molecule has 6 aromatic rings. The molecule has 0 N–H and O–H groups in total. The Morgan fingerprint density at radius 2 is 1.21 bits per heavy atom. The van der Waals surface area contributed by atoms with Gasteiger partial charge in [0.15, 0.2) is 0 Å². The number of nitrogens with zero attached hydrogens (tertiary/aromatic N) is 2. The van der Waals surface area contributed by atoms with Gasteiger partial charge in [0.05, 0.1) is 16.7 Å². The summed E-state index contributed by atoms with van der Waals surface area (Å²) >= 11 is 0. The number of fused-ring (bicyclic) bond motifs is 6. The molecule has 0 amide bonds. The van der Waals surface area contributed by atoms with Crippen molar-refractivity contribution < 1.29 is 0 Å². The fraction of sp³-hybridized carbons (Fsp3) is 0. The van der Waals surface area contributed by atoms with E-state index in [2.05, 4.69) is 94.5 Å². The molecule has 0 spiro atoms. The number of hydrogen-bond acceptors (Lipinski definition) is 1. The van der Waals surface area contributed by atoms with Gasteiger partial charge in [0.25, 0.3) is 0 Å². The molecule has 0 saturated heterocycles. The van der Waals surface area contributed by atoms with Gasteiger partial charge in [-0.2, -0.15) is 0 Å². The highest BCUT2D eigenvalue weighted by atomic mass is 15.0. The fourth-order valence-corrected chi connectivity index (χ4v) is 5.06. The zero-order valence-corrected chi connectivity index (χ0v) is 15.6. The van der Waals surface area contributed by atoms with E-state index in [-0.39, 0.29) is 0 Å². The largest absolute Gasteiger partial charge is 0.309 e. The highest BCUT2D eigenvalue weighted by Gasteiger charge is 2.23. The van der Waals surface area contributed by atoms with Crippen molar-refractivity contribution in [1.82, 2.24) is 9.55 Å². The van der Waals surface area contributed by atoms with Gasteiger partial charge >= 0.3 is 0 Å². The first-order valence-electron chi connectivity index (χ1n) is 9.91. The minimum atomic E-state index is 1.19. The van der Waals surface area contributed by atoms with Crippen molar-refractivity contribution in [3.63, 3.8) is 0 Å². The molecule has 1 aliphatic rings. The molecule has 0 radical (unpaired) electrons. The average molecular weight is 368 g/mol. The third kappa shape index (κ3) is 1.83. The van der Waals surface area contributed by atoms with E-state index in [1.54, 1.807) is 0 Å². The van der Waals surface area contributed by atoms with E-state index < -0.39 is 0 Å². The fourth-order valence-electron chi connectivity index (χ4n) is 5.06. The van der Waals surface area contributed by atoms with Crippen LogP contribution in [0.5, 0.6) is 0 Å². The van der Waals surface area contributed by atoms with Crippen molar-refractivity contribution in [2.75, 3.05) is 0 Å². The van der Waals surface area contributed by atoms with Gasteiger partial charge in [-0.3, -0.25) is 4.98 Å². The van der Waals surface area contributed by atoms with Gasteiger partial charge in [-0.05, 0) is 45.8 Å². The molecule has 2 nitrogen and oxygen atoms in total. The second kappa shape index (κ2) is 5.33. The Labute approximate surface area is 167 Å². The van der Waals surface area contributed by atoms with Crippen molar-refractivity contribution in [2.45, 2.75) is 0 Å². The summed E-state index contributed by atoms with van der Waals surface area (Å²) in [4.78, 5) is 4.38. The minimum Gasteiger partial charge on any atom is -0.309 e. The van der Waals surface area contributed by atoms with Gasteiger partial charge < -0.3 is 4.57 Å². The van der Waals surface area contributed by atoms with Gasteiger partial charge in [-0.1, -0.05) is 66.7 Å². The van der Waals surface area contributed by atoms with Crippen LogP contribution in [0.25, 0.3) is 60.5 Å². The average Bonchev–Trinajstić information content (AvgIpc) is 3.29. The Morgan fingerprint density at radius 3 is 2.10 bits per heavy atom. The van der Waals surface area contributed by atoms with Crippen molar-refractivity contribution >= 4 is 32.6 Å². The number of aromatic nitrogens is 2.